The minimum Gasteiger partial charge on any atom is -0.387 e. The van der Waals surface area contributed by atoms with Crippen molar-refractivity contribution >= 4 is 38.8 Å². The SMILES string of the molecule is CNc1ccc([N+](=O)[O-])cc1C(=O)N1CCC(c2nc3ccccc3s2)CC1. The topological polar surface area (TPSA) is 88.4 Å². The zero-order valence-corrected chi connectivity index (χ0v) is 16.2. The number of anilines is 1. The summed E-state index contributed by atoms with van der Waals surface area (Å²) in [5, 5.41) is 15.2. The molecule has 0 radical (unpaired) electrons. The van der Waals surface area contributed by atoms with Crippen molar-refractivity contribution < 1.29 is 9.72 Å². The minimum atomic E-state index is -0.477. The predicted octanol–water partition coefficient (Wildman–Crippen LogP) is 4.27. The highest BCUT2D eigenvalue weighted by molar-refractivity contribution is 7.18. The van der Waals surface area contributed by atoms with E-state index in [0.29, 0.717) is 30.3 Å². The standard InChI is InChI=1S/C20H20N4O3S/c1-21-16-7-6-14(24(26)27)12-15(16)20(25)23-10-8-13(9-11-23)19-22-17-4-2-3-5-18(17)28-19/h2-7,12-13,21H,8-11H2,1H3. The molecule has 7 nitrogen and oxygen atoms in total. The number of para-hydroxylation sites is 1. The zero-order chi connectivity index (χ0) is 19.7. The van der Waals surface area contributed by atoms with Crippen LogP contribution in [0.2, 0.25) is 0 Å². The second-order valence-corrected chi connectivity index (χ2v) is 7.89. The van der Waals surface area contributed by atoms with Gasteiger partial charge in [0.05, 0.1) is 25.7 Å². The number of benzene rings is 2. The van der Waals surface area contributed by atoms with Gasteiger partial charge in [-0.1, -0.05) is 12.1 Å². The monoisotopic (exact) mass is 396 g/mol. The molecular formula is C20H20N4O3S. The number of amides is 1. The van der Waals surface area contributed by atoms with Crippen LogP contribution in [-0.4, -0.2) is 40.9 Å². The molecule has 0 saturated carbocycles. The number of non-ortho nitro benzene ring substituents is 1. The number of nitrogens with one attached hydrogen (secondary N) is 1. The highest BCUT2D eigenvalue weighted by atomic mass is 32.1. The molecule has 1 aromatic heterocycles. The summed E-state index contributed by atoms with van der Waals surface area (Å²) in [7, 11) is 1.71. The van der Waals surface area contributed by atoms with E-state index >= 15 is 0 Å². The molecule has 1 aliphatic rings. The van der Waals surface area contributed by atoms with Crippen LogP contribution < -0.4 is 5.32 Å². The van der Waals surface area contributed by atoms with Gasteiger partial charge in [-0.2, -0.15) is 0 Å². The maximum absolute atomic E-state index is 13.0. The molecular weight excluding hydrogens is 376 g/mol. The number of carbonyl (C=O) groups excluding carboxylic acids is 1. The van der Waals surface area contributed by atoms with Gasteiger partial charge in [0, 0.05) is 43.9 Å². The van der Waals surface area contributed by atoms with Crippen molar-refractivity contribution in [3.8, 4) is 0 Å². The first-order valence-corrected chi connectivity index (χ1v) is 9.99. The van der Waals surface area contributed by atoms with Gasteiger partial charge < -0.3 is 10.2 Å². The van der Waals surface area contributed by atoms with E-state index in [-0.39, 0.29) is 11.6 Å². The molecule has 3 aromatic rings. The summed E-state index contributed by atoms with van der Waals surface area (Å²) in [4.78, 5) is 30.1. The number of nitro benzene ring substituents is 1. The van der Waals surface area contributed by atoms with Crippen LogP contribution in [0.25, 0.3) is 10.2 Å². The minimum absolute atomic E-state index is 0.0771. The molecule has 0 bridgehead atoms. The van der Waals surface area contributed by atoms with Crippen LogP contribution in [0.4, 0.5) is 11.4 Å². The number of hydrogen-bond donors (Lipinski definition) is 1. The third kappa shape index (κ3) is 3.43. The van der Waals surface area contributed by atoms with Crippen LogP contribution in [0.3, 0.4) is 0 Å². The predicted molar refractivity (Wildman–Crippen MR) is 110 cm³/mol. The van der Waals surface area contributed by atoms with Crippen LogP contribution in [0.1, 0.15) is 34.1 Å². The van der Waals surface area contributed by atoms with E-state index in [4.69, 9.17) is 4.98 Å². The summed E-state index contributed by atoms with van der Waals surface area (Å²) in [6.45, 7) is 1.23. The molecule has 0 spiro atoms. The van der Waals surface area contributed by atoms with Crippen molar-refractivity contribution in [2.24, 2.45) is 0 Å². The average molecular weight is 396 g/mol. The third-order valence-electron chi connectivity index (χ3n) is 5.16. The lowest BCUT2D eigenvalue weighted by molar-refractivity contribution is -0.384. The number of thiazole rings is 1. The Morgan fingerprint density at radius 1 is 1.25 bits per heavy atom. The largest absolute Gasteiger partial charge is 0.387 e. The summed E-state index contributed by atoms with van der Waals surface area (Å²) in [6, 6.07) is 12.5. The highest BCUT2D eigenvalue weighted by Gasteiger charge is 2.28. The Hall–Kier alpha value is -3.00. The smallest absolute Gasteiger partial charge is 0.270 e. The van der Waals surface area contributed by atoms with Crippen LogP contribution in [-0.2, 0) is 0 Å². The highest BCUT2D eigenvalue weighted by Crippen LogP contribution is 2.34. The number of hydrogen-bond acceptors (Lipinski definition) is 6. The van der Waals surface area contributed by atoms with Crippen molar-refractivity contribution in [3.63, 3.8) is 0 Å². The van der Waals surface area contributed by atoms with Crippen molar-refractivity contribution in [1.29, 1.82) is 0 Å². The molecule has 1 aliphatic heterocycles. The zero-order valence-electron chi connectivity index (χ0n) is 15.4. The van der Waals surface area contributed by atoms with Crippen LogP contribution >= 0.6 is 11.3 Å². The summed E-state index contributed by atoms with van der Waals surface area (Å²) >= 11 is 1.72. The molecule has 4 rings (SSSR count). The first kappa shape index (κ1) is 18.4. The van der Waals surface area contributed by atoms with Crippen LogP contribution in [0.15, 0.2) is 42.5 Å². The maximum atomic E-state index is 13.0. The van der Waals surface area contributed by atoms with E-state index in [2.05, 4.69) is 11.4 Å². The molecule has 28 heavy (non-hydrogen) atoms. The second-order valence-electron chi connectivity index (χ2n) is 6.82. The molecule has 2 heterocycles. The molecule has 1 saturated heterocycles. The molecule has 0 unspecified atom stereocenters. The van der Waals surface area contributed by atoms with E-state index < -0.39 is 4.92 Å². The third-order valence-corrected chi connectivity index (χ3v) is 6.35. The van der Waals surface area contributed by atoms with Gasteiger partial charge in [-0.25, -0.2) is 4.98 Å². The van der Waals surface area contributed by atoms with Crippen LogP contribution in [0, 0.1) is 10.1 Å². The molecule has 8 heteroatoms. The van der Waals surface area contributed by atoms with Crippen molar-refractivity contribution in [3.05, 3.63) is 63.1 Å². The second kappa shape index (κ2) is 7.55. The molecule has 1 amide bonds. The maximum Gasteiger partial charge on any atom is 0.270 e. The van der Waals surface area contributed by atoms with E-state index in [0.717, 1.165) is 23.4 Å². The Morgan fingerprint density at radius 2 is 2.00 bits per heavy atom. The normalized spacial score (nSPS) is 15.0. The van der Waals surface area contributed by atoms with Crippen molar-refractivity contribution in [1.82, 2.24) is 9.88 Å². The lowest BCUT2D eigenvalue weighted by atomic mass is 9.96. The van der Waals surface area contributed by atoms with Crippen molar-refractivity contribution in [2.75, 3.05) is 25.5 Å². The number of nitrogens with zero attached hydrogens (tertiary/aromatic N) is 3. The van der Waals surface area contributed by atoms with Crippen molar-refractivity contribution in [2.45, 2.75) is 18.8 Å². The van der Waals surface area contributed by atoms with Crippen LogP contribution in [0.5, 0.6) is 0 Å². The quantitative estimate of drug-likeness (QED) is 0.526. The van der Waals surface area contributed by atoms with Gasteiger partial charge in [0.25, 0.3) is 11.6 Å². The molecule has 0 atom stereocenters. The van der Waals surface area contributed by atoms with Gasteiger partial charge in [0.1, 0.15) is 0 Å². The van der Waals surface area contributed by atoms with E-state index in [1.54, 1.807) is 29.4 Å². The Labute approximate surface area is 166 Å². The lowest BCUT2D eigenvalue weighted by Crippen LogP contribution is -2.38. The Bertz CT molecular complexity index is 1010. The first-order chi connectivity index (χ1) is 13.6. The fourth-order valence-corrected chi connectivity index (χ4v) is 4.74. The fraction of sp³-hybridized carbons (Fsp3) is 0.300. The Morgan fingerprint density at radius 3 is 2.68 bits per heavy atom. The lowest BCUT2D eigenvalue weighted by Gasteiger charge is -2.31. The Kier molecular flexibility index (Phi) is 4.95. The number of carbonyl (C=O) groups is 1. The summed E-state index contributed by atoms with van der Waals surface area (Å²) in [5.41, 5.74) is 1.89. The van der Waals surface area contributed by atoms with E-state index in [1.807, 2.05) is 18.2 Å². The number of fused-ring (bicyclic) bond motifs is 1. The molecule has 0 aliphatic carbocycles. The number of likely N-dealkylation sites (tertiary alicyclic amines) is 1. The number of nitro groups is 1. The van der Waals surface area contributed by atoms with Gasteiger partial charge in [-0.15, -0.1) is 11.3 Å². The van der Waals surface area contributed by atoms with Gasteiger partial charge in [-0.05, 0) is 31.0 Å². The molecule has 144 valence electrons. The Balaban J connectivity index is 1.49. The van der Waals surface area contributed by atoms with Gasteiger partial charge >= 0.3 is 0 Å². The number of piperidine rings is 1. The number of rotatable bonds is 4. The molecule has 1 fully saturated rings. The van der Waals surface area contributed by atoms with Gasteiger partial charge in [-0.3, -0.25) is 14.9 Å². The van der Waals surface area contributed by atoms with E-state index in [1.165, 1.54) is 16.8 Å². The van der Waals surface area contributed by atoms with Gasteiger partial charge in [0.15, 0.2) is 0 Å². The number of aromatic nitrogens is 1. The summed E-state index contributed by atoms with van der Waals surface area (Å²) in [6.07, 6.45) is 1.69. The summed E-state index contributed by atoms with van der Waals surface area (Å²) in [5.74, 6) is 0.172. The van der Waals surface area contributed by atoms with E-state index in [9.17, 15) is 14.9 Å². The summed E-state index contributed by atoms with van der Waals surface area (Å²) < 4.78 is 1.19. The molecule has 1 N–H and O–H groups in total. The fourth-order valence-electron chi connectivity index (χ4n) is 3.61. The first-order valence-electron chi connectivity index (χ1n) is 9.17. The van der Waals surface area contributed by atoms with Gasteiger partial charge in [0.2, 0.25) is 0 Å². The average Bonchev–Trinajstić information content (AvgIpc) is 3.17. The molecule has 2 aromatic carbocycles.